The van der Waals surface area contributed by atoms with Crippen LogP contribution in [-0.2, 0) is 0 Å². The standard InChI is InChI=1S/C11H14N2O/c1-7-4-11(14-13-7)9-5-8-2-3-12-10(8)6-9/h4-5,8,10,12H,2-3,6H2,1H3/t8-,10+/m1/s1. The molecule has 0 amide bonds. The van der Waals surface area contributed by atoms with Crippen LogP contribution >= 0.6 is 0 Å². The number of fused-ring (bicyclic) bond motifs is 1. The summed E-state index contributed by atoms with van der Waals surface area (Å²) in [5.74, 6) is 1.68. The van der Waals surface area contributed by atoms with Gasteiger partial charge in [0, 0.05) is 12.1 Å². The van der Waals surface area contributed by atoms with Gasteiger partial charge < -0.3 is 9.84 Å². The summed E-state index contributed by atoms with van der Waals surface area (Å²) in [6.45, 7) is 3.12. The number of nitrogens with one attached hydrogen (secondary N) is 1. The van der Waals surface area contributed by atoms with E-state index in [1.807, 2.05) is 13.0 Å². The fourth-order valence-electron chi connectivity index (χ4n) is 2.47. The minimum atomic E-state index is 0.649. The van der Waals surface area contributed by atoms with Crippen molar-refractivity contribution in [3.05, 3.63) is 23.6 Å². The molecule has 0 bridgehead atoms. The molecular weight excluding hydrogens is 176 g/mol. The van der Waals surface area contributed by atoms with Crippen molar-refractivity contribution in [3.8, 4) is 0 Å². The molecule has 3 heteroatoms. The highest BCUT2D eigenvalue weighted by Gasteiger charge is 2.32. The fourth-order valence-corrected chi connectivity index (χ4v) is 2.47. The maximum Gasteiger partial charge on any atom is 0.162 e. The molecule has 1 aliphatic carbocycles. The smallest absolute Gasteiger partial charge is 0.162 e. The first-order valence-electron chi connectivity index (χ1n) is 5.21. The Kier molecular flexibility index (Phi) is 1.74. The van der Waals surface area contributed by atoms with Gasteiger partial charge >= 0.3 is 0 Å². The summed E-state index contributed by atoms with van der Waals surface area (Å²) in [6.07, 6.45) is 4.71. The Morgan fingerprint density at radius 3 is 3.21 bits per heavy atom. The third-order valence-electron chi connectivity index (χ3n) is 3.20. The van der Waals surface area contributed by atoms with E-state index in [0.717, 1.165) is 30.3 Å². The molecule has 3 nitrogen and oxygen atoms in total. The highest BCUT2D eigenvalue weighted by atomic mass is 16.5. The number of hydrogen-bond acceptors (Lipinski definition) is 3. The monoisotopic (exact) mass is 190 g/mol. The van der Waals surface area contributed by atoms with Gasteiger partial charge in [0.1, 0.15) is 0 Å². The SMILES string of the molecule is Cc1cc(C2=C[C@H]3CCN[C@H]3C2)on1. The van der Waals surface area contributed by atoms with Gasteiger partial charge in [0.25, 0.3) is 0 Å². The molecule has 2 atom stereocenters. The molecule has 1 aromatic heterocycles. The molecule has 2 aliphatic rings. The van der Waals surface area contributed by atoms with Gasteiger partial charge in [-0.1, -0.05) is 11.2 Å². The van der Waals surface area contributed by atoms with Crippen LogP contribution in [0.2, 0.25) is 0 Å². The van der Waals surface area contributed by atoms with Crippen molar-refractivity contribution in [2.24, 2.45) is 5.92 Å². The zero-order valence-corrected chi connectivity index (χ0v) is 8.29. The van der Waals surface area contributed by atoms with E-state index in [-0.39, 0.29) is 0 Å². The quantitative estimate of drug-likeness (QED) is 0.733. The lowest BCUT2D eigenvalue weighted by molar-refractivity contribution is 0.404. The molecule has 0 saturated carbocycles. The maximum absolute atomic E-state index is 5.27. The average molecular weight is 190 g/mol. The molecular formula is C11H14N2O. The van der Waals surface area contributed by atoms with E-state index in [4.69, 9.17) is 4.52 Å². The first kappa shape index (κ1) is 8.24. The van der Waals surface area contributed by atoms with Crippen LogP contribution in [-0.4, -0.2) is 17.7 Å². The van der Waals surface area contributed by atoms with Gasteiger partial charge in [0.2, 0.25) is 0 Å². The van der Waals surface area contributed by atoms with Crippen molar-refractivity contribution in [1.82, 2.24) is 10.5 Å². The Bertz CT molecular complexity index is 380. The lowest BCUT2D eigenvalue weighted by Crippen LogP contribution is -2.22. The molecule has 1 saturated heterocycles. The topological polar surface area (TPSA) is 38.1 Å². The van der Waals surface area contributed by atoms with E-state index in [0.29, 0.717) is 6.04 Å². The number of rotatable bonds is 1. The molecule has 0 spiro atoms. The molecule has 14 heavy (non-hydrogen) atoms. The van der Waals surface area contributed by atoms with Crippen molar-refractivity contribution < 1.29 is 4.52 Å². The fraction of sp³-hybridized carbons (Fsp3) is 0.545. The van der Waals surface area contributed by atoms with Crippen molar-refractivity contribution in [2.45, 2.75) is 25.8 Å². The van der Waals surface area contributed by atoms with Crippen LogP contribution in [0.25, 0.3) is 5.57 Å². The molecule has 74 valence electrons. The average Bonchev–Trinajstić information content (AvgIpc) is 2.75. The van der Waals surface area contributed by atoms with Crippen LogP contribution in [0, 0.1) is 12.8 Å². The number of nitrogens with zero attached hydrogens (tertiary/aromatic N) is 1. The third-order valence-corrected chi connectivity index (χ3v) is 3.20. The van der Waals surface area contributed by atoms with E-state index >= 15 is 0 Å². The second-order valence-corrected chi connectivity index (χ2v) is 4.24. The van der Waals surface area contributed by atoms with Crippen molar-refractivity contribution in [3.63, 3.8) is 0 Å². The van der Waals surface area contributed by atoms with Crippen LogP contribution in [0.15, 0.2) is 16.7 Å². The Balaban J connectivity index is 1.87. The summed E-state index contributed by atoms with van der Waals surface area (Å²) in [4.78, 5) is 0. The summed E-state index contributed by atoms with van der Waals surface area (Å²) >= 11 is 0. The third kappa shape index (κ3) is 1.20. The van der Waals surface area contributed by atoms with Gasteiger partial charge in [-0.25, -0.2) is 0 Å². The number of hydrogen-bond donors (Lipinski definition) is 1. The molecule has 0 radical (unpaired) electrons. The van der Waals surface area contributed by atoms with Crippen LogP contribution in [0.5, 0.6) is 0 Å². The Hall–Kier alpha value is -1.09. The van der Waals surface area contributed by atoms with Gasteiger partial charge in [-0.15, -0.1) is 0 Å². The van der Waals surface area contributed by atoms with E-state index in [9.17, 15) is 0 Å². The predicted octanol–water partition coefficient (Wildman–Crippen LogP) is 1.75. The molecule has 1 fully saturated rings. The summed E-state index contributed by atoms with van der Waals surface area (Å²) in [6, 6.07) is 2.67. The Labute approximate surface area is 83.2 Å². The molecule has 1 aromatic rings. The van der Waals surface area contributed by atoms with Crippen molar-refractivity contribution in [2.75, 3.05) is 6.54 Å². The lowest BCUT2D eigenvalue weighted by atomic mass is 10.1. The summed E-state index contributed by atoms with van der Waals surface area (Å²) < 4.78 is 5.27. The number of aryl methyl sites for hydroxylation is 1. The van der Waals surface area contributed by atoms with Gasteiger partial charge in [-0.2, -0.15) is 0 Å². The molecule has 2 heterocycles. The highest BCUT2D eigenvalue weighted by molar-refractivity contribution is 5.65. The van der Waals surface area contributed by atoms with Crippen molar-refractivity contribution in [1.29, 1.82) is 0 Å². The summed E-state index contributed by atoms with van der Waals surface area (Å²) in [5, 5.41) is 7.43. The van der Waals surface area contributed by atoms with Crippen LogP contribution < -0.4 is 5.32 Å². The Morgan fingerprint density at radius 1 is 1.57 bits per heavy atom. The Morgan fingerprint density at radius 2 is 2.50 bits per heavy atom. The predicted molar refractivity (Wildman–Crippen MR) is 53.7 cm³/mol. The van der Waals surface area contributed by atoms with Crippen molar-refractivity contribution >= 4 is 5.57 Å². The van der Waals surface area contributed by atoms with Crippen LogP contribution in [0.4, 0.5) is 0 Å². The van der Waals surface area contributed by atoms with Crippen LogP contribution in [0.1, 0.15) is 24.3 Å². The van der Waals surface area contributed by atoms with Crippen LogP contribution in [0.3, 0.4) is 0 Å². The largest absolute Gasteiger partial charge is 0.356 e. The van der Waals surface area contributed by atoms with Gasteiger partial charge in [0.05, 0.1) is 5.69 Å². The van der Waals surface area contributed by atoms with Gasteiger partial charge in [-0.3, -0.25) is 0 Å². The first-order valence-corrected chi connectivity index (χ1v) is 5.21. The number of aromatic nitrogens is 1. The molecule has 0 unspecified atom stereocenters. The summed E-state index contributed by atoms with van der Waals surface area (Å²) in [7, 11) is 0. The molecule has 3 rings (SSSR count). The van der Waals surface area contributed by atoms with Gasteiger partial charge in [-0.05, 0) is 37.8 Å². The van der Waals surface area contributed by atoms with E-state index < -0.39 is 0 Å². The summed E-state index contributed by atoms with van der Waals surface area (Å²) in [5.41, 5.74) is 2.29. The zero-order valence-electron chi connectivity index (χ0n) is 8.29. The molecule has 1 N–H and O–H groups in total. The van der Waals surface area contributed by atoms with Gasteiger partial charge in [0.15, 0.2) is 5.76 Å². The molecule has 1 aliphatic heterocycles. The minimum absolute atomic E-state index is 0.649. The van der Waals surface area contributed by atoms with E-state index in [1.54, 1.807) is 0 Å². The second kappa shape index (κ2) is 2.95. The normalized spacial score (nSPS) is 30.5. The second-order valence-electron chi connectivity index (χ2n) is 4.24. The lowest BCUT2D eigenvalue weighted by Gasteiger charge is -2.06. The molecule has 0 aromatic carbocycles. The van der Waals surface area contributed by atoms with E-state index in [2.05, 4.69) is 16.5 Å². The first-order chi connectivity index (χ1) is 6.83. The maximum atomic E-state index is 5.27. The van der Waals surface area contributed by atoms with E-state index in [1.165, 1.54) is 12.0 Å². The zero-order chi connectivity index (χ0) is 9.54. The highest BCUT2D eigenvalue weighted by Crippen LogP contribution is 2.36. The minimum Gasteiger partial charge on any atom is -0.356 e.